The first-order valence-electron chi connectivity index (χ1n) is 6.19. The van der Waals surface area contributed by atoms with Crippen LogP contribution in [0.3, 0.4) is 0 Å². The van der Waals surface area contributed by atoms with E-state index in [4.69, 9.17) is 4.74 Å². The van der Waals surface area contributed by atoms with Crippen molar-refractivity contribution in [1.82, 2.24) is 4.90 Å². The molecule has 0 saturated carbocycles. The van der Waals surface area contributed by atoms with Crippen LogP contribution in [-0.4, -0.2) is 31.5 Å². The molecule has 0 saturated heterocycles. The molecule has 0 atom stereocenters. The summed E-state index contributed by atoms with van der Waals surface area (Å²) >= 11 is 0. The van der Waals surface area contributed by atoms with Crippen LogP contribution in [0.15, 0.2) is 24.3 Å². The Labute approximate surface area is 110 Å². The van der Waals surface area contributed by atoms with Gasteiger partial charge in [-0.3, -0.25) is 4.79 Å². The summed E-state index contributed by atoms with van der Waals surface area (Å²) in [5.41, 5.74) is 1.11. The summed E-state index contributed by atoms with van der Waals surface area (Å²) in [5, 5.41) is 0. The highest BCUT2D eigenvalue weighted by Gasteiger charge is 2.17. The van der Waals surface area contributed by atoms with Crippen molar-refractivity contribution in [2.75, 3.05) is 20.7 Å². The molecule has 0 aliphatic carbocycles. The van der Waals surface area contributed by atoms with Gasteiger partial charge in [-0.25, -0.2) is 0 Å². The summed E-state index contributed by atoms with van der Waals surface area (Å²) in [5.74, 6) is 0.928. The van der Waals surface area contributed by atoms with Crippen molar-refractivity contribution in [1.29, 1.82) is 0 Å². The van der Waals surface area contributed by atoms with Gasteiger partial charge in [-0.05, 0) is 23.1 Å². The predicted molar refractivity (Wildman–Crippen MR) is 73.8 cm³/mol. The van der Waals surface area contributed by atoms with E-state index in [1.54, 1.807) is 12.0 Å². The van der Waals surface area contributed by atoms with E-state index >= 15 is 0 Å². The summed E-state index contributed by atoms with van der Waals surface area (Å²) < 4.78 is 5.15. The van der Waals surface area contributed by atoms with Gasteiger partial charge in [-0.15, -0.1) is 0 Å². The van der Waals surface area contributed by atoms with Gasteiger partial charge in [0.05, 0.1) is 13.5 Å². The molecule has 0 aliphatic heterocycles. The third kappa shape index (κ3) is 4.78. The first-order valence-corrected chi connectivity index (χ1v) is 6.19. The fourth-order valence-corrected chi connectivity index (χ4v) is 1.89. The second-order valence-electron chi connectivity index (χ2n) is 5.84. The third-order valence-electron chi connectivity index (χ3n) is 2.63. The highest BCUT2D eigenvalue weighted by Crippen LogP contribution is 2.16. The van der Waals surface area contributed by atoms with Gasteiger partial charge in [0.1, 0.15) is 5.75 Å². The van der Waals surface area contributed by atoms with Crippen LogP contribution < -0.4 is 4.74 Å². The Bertz CT molecular complexity index is 407. The molecule has 1 aromatic rings. The lowest BCUT2D eigenvalue weighted by Crippen LogP contribution is -2.35. The number of nitrogens with zero attached hydrogens (tertiary/aromatic N) is 1. The number of carbonyl (C=O) groups excluding carboxylic acids is 1. The Morgan fingerprint density at radius 2 is 2.00 bits per heavy atom. The minimum Gasteiger partial charge on any atom is -0.497 e. The fourth-order valence-electron chi connectivity index (χ4n) is 1.89. The Morgan fingerprint density at radius 1 is 1.33 bits per heavy atom. The molecule has 0 aromatic heterocycles. The van der Waals surface area contributed by atoms with E-state index in [0.29, 0.717) is 6.42 Å². The summed E-state index contributed by atoms with van der Waals surface area (Å²) in [4.78, 5) is 13.9. The van der Waals surface area contributed by atoms with Gasteiger partial charge in [0.25, 0.3) is 0 Å². The van der Waals surface area contributed by atoms with Gasteiger partial charge in [0.15, 0.2) is 0 Å². The number of amides is 1. The highest BCUT2D eigenvalue weighted by atomic mass is 16.5. The molecule has 18 heavy (non-hydrogen) atoms. The average molecular weight is 249 g/mol. The number of likely N-dealkylation sites (N-methyl/N-ethyl adjacent to an activating group) is 1. The van der Waals surface area contributed by atoms with Crippen molar-refractivity contribution < 1.29 is 9.53 Å². The van der Waals surface area contributed by atoms with Gasteiger partial charge < -0.3 is 9.64 Å². The number of hydrogen-bond donors (Lipinski definition) is 0. The first-order chi connectivity index (χ1) is 8.31. The van der Waals surface area contributed by atoms with Gasteiger partial charge >= 0.3 is 0 Å². The maximum Gasteiger partial charge on any atom is 0.226 e. The highest BCUT2D eigenvalue weighted by molar-refractivity contribution is 5.78. The normalized spacial score (nSPS) is 11.2. The van der Waals surface area contributed by atoms with Gasteiger partial charge in [0.2, 0.25) is 5.91 Å². The number of methoxy groups -OCH3 is 1. The standard InChI is InChI=1S/C15H23NO2/c1-15(2,3)11-16(4)14(17)10-12-7-6-8-13(9-12)18-5/h6-9H,10-11H2,1-5H3. The van der Waals surface area contributed by atoms with Crippen molar-refractivity contribution in [3.63, 3.8) is 0 Å². The second-order valence-corrected chi connectivity index (χ2v) is 5.84. The zero-order valence-corrected chi connectivity index (χ0v) is 12.0. The topological polar surface area (TPSA) is 29.5 Å². The molecule has 0 N–H and O–H groups in total. The van der Waals surface area contributed by atoms with E-state index in [1.165, 1.54) is 0 Å². The Hall–Kier alpha value is -1.51. The molecule has 3 heteroatoms. The maximum absolute atomic E-state index is 12.1. The lowest BCUT2D eigenvalue weighted by atomic mass is 9.96. The second kappa shape index (κ2) is 5.89. The van der Waals surface area contributed by atoms with E-state index in [1.807, 2.05) is 31.3 Å². The monoisotopic (exact) mass is 249 g/mol. The van der Waals surface area contributed by atoms with E-state index in [0.717, 1.165) is 17.9 Å². The number of ether oxygens (including phenoxy) is 1. The number of benzene rings is 1. The molecule has 0 heterocycles. The van der Waals surface area contributed by atoms with Crippen LogP contribution in [0.1, 0.15) is 26.3 Å². The summed E-state index contributed by atoms with van der Waals surface area (Å²) in [6, 6.07) is 7.65. The lowest BCUT2D eigenvalue weighted by Gasteiger charge is -2.26. The lowest BCUT2D eigenvalue weighted by molar-refractivity contribution is -0.130. The molecule has 0 aliphatic rings. The average Bonchev–Trinajstić information content (AvgIpc) is 2.27. The largest absolute Gasteiger partial charge is 0.497 e. The molecule has 100 valence electrons. The van der Waals surface area contributed by atoms with E-state index in [-0.39, 0.29) is 11.3 Å². The summed E-state index contributed by atoms with van der Waals surface area (Å²) in [6.07, 6.45) is 0.420. The third-order valence-corrected chi connectivity index (χ3v) is 2.63. The van der Waals surface area contributed by atoms with Crippen molar-refractivity contribution in [3.05, 3.63) is 29.8 Å². The molecule has 1 amide bonds. The minimum absolute atomic E-state index is 0.124. The smallest absolute Gasteiger partial charge is 0.226 e. The van der Waals surface area contributed by atoms with Crippen LogP contribution in [-0.2, 0) is 11.2 Å². The SMILES string of the molecule is COc1cccc(CC(=O)N(C)CC(C)(C)C)c1. The molecule has 0 fully saturated rings. The summed E-state index contributed by atoms with van der Waals surface area (Å²) in [7, 11) is 3.49. The molecule has 3 nitrogen and oxygen atoms in total. The van der Waals surface area contributed by atoms with E-state index in [9.17, 15) is 4.79 Å². The number of rotatable bonds is 4. The van der Waals surface area contributed by atoms with Gasteiger partial charge in [-0.2, -0.15) is 0 Å². The Balaban J connectivity index is 2.63. The maximum atomic E-state index is 12.1. The van der Waals surface area contributed by atoms with Crippen LogP contribution in [0.4, 0.5) is 0 Å². The van der Waals surface area contributed by atoms with Gasteiger partial charge in [-0.1, -0.05) is 32.9 Å². The minimum atomic E-state index is 0.124. The number of carbonyl (C=O) groups is 1. The summed E-state index contributed by atoms with van der Waals surface area (Å²) in [6.45, 7) is 7.14. The predicted octanol–water partition coefficient (Wildman–Crippen LogP) is 2.74. The molecule has 1 aromatic carbocycles. The molecular weight excluding hydrogens is 226 g/mol. The van der Waals surface area contributed by atoms with Crippen LogP contribution in [0.2, 0.25) is 0 Å². The molecule has 1 rings (SSSR count). The van der Waals surface area contributed by atoms with Crippen molar-refractivity contribution in [2.24, 2.45) is 5.41 Å². The molecule has 0 bridgehead atoms. The Morgan fingerprint density at radius 3 is 2.56 bits per heavy atom. The van der Waals surface area contributed by atoms with Gasteiger partial charge in [0, 0.05) is 13.6 Å². The van der Waals surface area contributed by atoms with E-state index in [2.05, 4.69) is 20.8 Å². The fraction of sp³-hybridized carbons (Fsp3) is 0.533. The van der Waals surface area contributed by atoms with Crippen LogP contribution in [0.5, 0.6) is 5.75 Å². The molecule has 0 radical (unpaired) electrons. The molecule has 0 unspecified atom stereocenters. The van der Waals surface area contributed by atoms with E-state index < -0.39 is 0 Å². The number of hydrogen-bond acceptors (Lipinski definition) is 2. The Kier molecular flexibility index (Phi) is 4.76. The zero-order valence-electron chi connectivity index (χ0n) is 12.0. The molecular formula is C15H23NO2. The molecule has 0 spiro atoms. The first kappa shape index (κ1) is 14.6. The zero-order chi connectivity index (χ0) is 13.8. The quantitative estimate of drug-likeness (QED) is 0.821. The van der Waals surface area contributed by atoms with Crippen molar-refractivity contribution in [2.45, 2.75) is 27.2 Å². The van der Waals surface area contributed by atoms with Crippen LogP contribution in [0.25, 0.3) is 0 Å². The van der Waals surface area contributed by atoms with Crippen LogP contribution in [0, 0.1) is 5.41 Å². The van der Waals surface area contributed by atoms with Crippen molar-refractivity contribution >= 4 is 5.91 Å². The van der Waals surface area contributed by atoms with Crippen LogP contribution >= 0.6 is 0 Å². The van der Waals surface area contributed by atoms with Crippen molar-refractivity contribution in [3.8, 4) is 5.75 Å².